The Morgan fingerprint density at radius 1 is 1.39 bits per heavy atom. The number of rotatable bonds is 2. The molecule has 1 aromatic heterocycles. The Morgan fingerprint density at radius 3 is 2.83 bits per heavy atom. The third kappa shape index (κ3) is 2.60. The predicted molar refractivity (Wildman–Crippen MR) is 75.5 cm³/mol. The highest BCUT2D eigenvalue weighted by molar-refractivity contribution is 9.10. The van der Waals surface area contributed by atoms with Crippen molar-refractivity contribution in [1.82, 2.24) is 4.98 Å². The highest BCUT2D eigenvalue weighted by Gasteiger charge is 2.05. The second-order valence-corrected chi connectivity index (χ2v) is 4.77. The molecule has 5 heteroatoms. The topological polar surface area (TPSA) is 74.7 Å². The van der Waals surface area contributed by atoms with Gasteiger partial charge in [0.25, 0.3) is 0 Å². The average Bonchev–Trinajstić information content (AvgIpc) is 2.35. The van der Waals surface area contributed by atoms with Gasteiger partial charge in [0.1, 0.15) is 0 Å². The number of hydrogen-bond acceptors (Lipinski definition) is 4. The molecule has 0 aliphatic carbocycles. The van der Waals surface area contributed by atoms with Gasteiger partial charge in [-0.2, -0.15) is 5.26 Å². The molecule has 0 amide bonds. The Labute approximate surface area is 114 Å². The first-order valence-corrected chi connectivity index (χ1v) is 6.08. The van der Waals surface area contributed by atoms with Crippen molar-refractivity contribution in [1.29, 1.82) is 5.26 Å². The van der Waals surface area contributed by atoms with E-state index in [1.165, 1.54) is 0 Å². The summed E-state index contributed by atoms with van der Waals surface area (Å²) in [5.74, 6) is 0.580. The highest BCUT2D eigenvalue weighted by Crippen LogP contribution is 2.26. The molecule has 2 rings (SSSR count). The Balaban J connectivity index is 2.37. The lowest BCUT2D eigenvalue weighted by Crippen LogP contribution is -2.00. The van der Waals surface area contributed by atoms with E-state index in [2.05, 4.69) is 32.3 Å². The molecule has 0 radical (unpaired) electrons. The molecule has 0 fully saturated rings. The molecule has 0 saturated heterocycles. The smallest absolute Gasteiger partial charge is 0.153 e. The molecule has 3 N–H and O–H groups in total. The molecule has 0 atom stereocenters. The second-order valence-electron chi connectivity index (χ2n) is 3.86. The van der Waals surface area contributed by atoms with Gasteiger partial charge in [0.15, 0.2) is 5.82 Å². The van der Waals surface area contributed by atoms with Gasteiger partial charge in [-0.1, -0.05) is 6.07 Å². The van der Waals surface area contributed by atoms with E-state index in [9.17, 15) is 0 Å². The number of benzene rings is 1. The molecule has 0 spiro atoms. The predicted octanol–water partition coefficient (Wildman–Crippen LogP) is 3.35. The molecule has 1 heterocycles. The van der Waals surface area contributed by atoms with Crippen LogP contribution in [0.2, 0.25) is 0 Å². The molecular weight excluding hydrogens is 292 g/mol. The van der Waals surface area contributed by atoms with Crippen molar-refractivity contribution >= 4 is 33.1 Å². The van der Waals surface area contributed by atoms with Crippen molar-refractivity contribution < 1.29 is 0 Å². The molecule has 2 aromatic rings. The Kier molecular flexibility index (Phi) is 3.49. The second kappa shape index (κ2) is 5.07. The summed E-state index contributed by atoms with van der Waals surface area (Å²) in [4.78, 5) is 4.20. The van der Waals surface area contributed by atoms with Gasteiger partial charge < -0.3 is 11.1 Å². The van der Waals surface area contributed by atoms with E-state index in [1.54, 1.807) is 24.4 Å². The van der Waals surface area contributed by atoms with E-state index in [0.717, 1.165) is 15.7 Å². The molecule has 0 unspecified atom stereocenters. The molecule has 0 aliphatic heterocycles. The Bertz CT molecular complexity index is 631. The van der Waals surface area contributed by atoms with Crippen molar-refractivity contribution in [3.8, 4) is 6.07 Å². The first kappa shape index (κ1) is 12.4. The van der Waals surface area contributed by atoms with Crippen LogP contribution in [-0.4, -0.2) is 4.98 Å². The fourth-order valence-electron chi connectivity index (χ4n) is 1.51. The van der Waals surface area contributed by atoms with Crippen LogP contribution in [0.25, 0.3) is 0 Å². The number of anilines is 3. The SMILES string of the molecule is Cc1ccc(C#N)cc1Nc1ncc(Br)cc1N. The van der Waals surface area contributed by atoms with Gasteiger partial charge in [-0.25, -0.2) is 4.98 Å². The van der Waals surface area contributed by atoms with E-state index < -0.39 is 0 Å². The molecule has 0 saturated carbocycles. The van der Waals surface area contributed by atoms with Crippen LogP contribution in [0.4, 0.5) is 17.2 Å². The minimum atomic E-state index is 0.547. The van der Waals surface area contributed by atoms with Crippen LogP contribution < -0.4 is 11.1 Å². The van der Waals surface area contributed by atoms with Crippen molar-refractivity contribution in [2.24, 2.45) is 0 Å². The fourth-order valence-corrected chi connectivity index (χ4v) is 1.86. The number of aryl methyl sites for hydroxylation is 1. The summed E-state index contributed by atoms with van der Waals surface area (Å²) in [7, 11) is 0. The molecule has 18 heavy (non-hydrogen) atoms. The quantitative estimate of drug-likeness (QED) is 0.892. The fraction of sp³-hybridized carbons (Fsp3) is 0.0769. The molecule has 0 aliphatic rings. The van der Waals surface area contributed by atoms with Gasteiger partial charge in [0, 0.05) is 16.4 Å². The zero-order valence-corrected chi connectivity index (χ0v) is 11.3. The van der Waals surface area contributed by atoms with Gasteiger partial charge in [0.2, 0.25) is 0 Å². The number of hydrogen-bond donors (Lipinski definition) is 2. The van der Waals surface area contributed by atoms with Gasteiger partial charge in [-0.05, 0) is 46.6 Å². The number of halogens is 1. The van der Waals surface area contributed by atoms with Crippen molar-refractivity contribution in [2.45, 2.75) is 6.92 Å². The molecule has 90 valence electrons. The normalized spacial score (nSPS) is 9.83. The summed E-state index contributed by atoms with van der Waals surface area (Å²) in [6.45, 7) is 1.96. The van der Waals surface area contributed by atoms with Crippen LogP contribution in [0.15, 0.2) is 34.9 Å². The van der Waals surface area contributed by atoms with Gasteiger partial charge in [-0.3, -0.25) is 0 Å². The summed E-state index contributed by atoms with van der Waals surface area (Å²) < 4.78 is 0.827. The molecule has 0 bridgehead atoms. The van der Waals surface area contributed by atoms with Crippen LogP contribution in [0.1, 0.15) is 11.1 Å². The minimum Gasteiger partial charge on any atom is -0.396 e. The van der Waals surface area contributed by atoms with Crippen LogP contribution >= 0.6 is 15.9 Å². The largest absolute Gasteiger partial charge is 0.396 e. The lowest BCUT2D eigenvalue weighted by molar-refractivity contribution is 1.28. The number of nitriles is 1. The van der Waals surface area contributed by atoms with E-state index in [0.29, 0.717) is 17.1 Å². The van der Waals surface area contributed by atoms with E-state index in [-0.39, 0.29) is 0 Å². The maximum Gasteiger partial charge on any atom is 0.153 e. The van der Waals surface area contributed by atoms with E-state index >= 15 is 0 Å². The third-order valence-electron chi connectivity index (χ3n) is 2.50. The summed E-state index contributed by atoms with van der Waals surface area (Å²) >= 11 is 3.31. The van der Waals surface area contributed by atoms with Crippen LogP contribution in [-0.2, 0) is 0 Å². The zero-order chi connectivity index (χ0) is 13.1. The number of nitrogens with two attached hydrogens (primary N) is 1. The van der Waals surface area contributed by atoms with Crippen LogP contribution in [0, 0.1) is 18.3 Å². The number of pyridine rings is 1. The van der Waals surface area contributed by atoms with E-state index in [1.807, 2.05) is 13.0 Å². The zero-order valence-electron chi connectivity index (χ0n) is 9.74. The van der Waals surface area contributed by atoms with Crippen LogP contribution in [0.5, 0.6) is 0 Å². The summed E-state index contributed by atoms with van der Waals surface area (Å²) in [5.41, 5.74) is 8.87. The summed E-state index contributed by atoms with van der Waals surface area (Å²) in [6.07, 6.45) is 1.67. The lowest BCUT2D eigenvalue weighted by Gasteiger charge is -2.11. The maximum atomic E-state index is 8.89. The van der Waals surface area contributed by atoms with E-state index in [4.69, 9.17) is 11.0 Å². The average molecular weight is 303 g/mol. The first-order chi connectivity index (χ1) is 8.60. The highest BCUT2D eigenvalue weighted by atomic mass is 79.9. The number of nitrogens with zero attached hydrogens (tertiary/aromatic N) is 2. The Hall–Kier alpha value is -2.06. The monoisotopic (exact) mass is 302 g/mol. The number of nitrogen functional groups attached to an aromatic ring is 1. The molecule has 4 nitrogen and oxygen atoms in total. The molecular formula is C13H11BrN4. The maximum absolute atomic E-state index is 8.89. The van der Waals surface area contributed by atoms with Crippen LogP contribution in [0.3, 0.4) is 0 Å². The summed E-state index contributed by atoms with van der Waals surface area (Å²) in [6, 6.07) is 9.32. The van der Waals surface area contributed by atoms with Gasteiger partial charge in [0.05, 0.1) is 17.3 Å². The third-order valence-corrected chi connectivity index (χ3v) is 2.94. The number of aromatic nitrogens is 1. The van der Waals surface area contributed by atoms with Crippen molar-refractivity contribution in [3.05, 3.63) is 46.1 Å². The molecule has 1 aromatic carbocycles. The van der Waals surface area contributed by atoms with Gasteiger partial charge >= 0.3 is 0 Å². The lowest BCUT2D eigenvalue weighted by atomic mass is 10.1. The van der Waals surface area contributed by atoms with Gasteiger partial charge in [-0.15, -0.1) is 0 Å². The Morgan fingerprint density at radius 2 is 2.17 bits per heavy atom. The van der Waals surface area contributed by atoms with Crippen molar-refractivity contribution in [2.75, 3.05) is 11.1 Å². The van der Waals surface area contributed by atoms with Crippen molar-refractivity contribution in [3.63, 3.8) is 0 Å². The standard InChI is InChI=1S/C13H11BrN4/c1-8-2-3-9(6-15)4-12(8)18-13-11(16)5-10(14)7-17-13/h2-5,7H,16H2,1H3,(H,17,18). The first-order valence-electron chi connectivity index (χ1n) is 5.29. The minimum absolute atomic E-state index is 0.547. The number of nitrogens with one attached hydrogen (secondary N) is 1. The summed E-state index contributed by atoms with van der Waals surface area (Å²) in [5, 5.41) is 12.0.